The number of furan rings is 1. The highest BCUT2D eigenvalue weighted by molar-refractivity contribution is 6.03. The minimum atomic E-state index is -0.308. The van der Waals surface area contributed by atoms with Crippen LogP contribution in [0.4, 0.5) is 0 Å². The number of carbonyl (C=O) groups excluding carboxylic acids is 1. The molecule has 0 radical (unpaired) electrons. The lowest BCUT2D eigenvalue weighted by atomic mass is 10.0. The molecule has 0 spiro atoms. The highest BCUT2D eigenvalue weighted by Gasteiger charge is 2.35. The zero-order chi connectivity index (χ0) is 21.9. The highest BCUT2D eigenvalue weighted by Crippen LogP contribution is 2.33. The quantitative estimate of drug-likeness (QED) is 0.452. The van der Waals surface area contributed by atoms with E-state index in [9.17, 15) is 4.79 Å². The van der Waals surface area contributed by atoms with Gasteiger partial charge in [0, 0.05) is 12.0 Å². The lowest BCUT2D eigenvalue weighted by molar-refractivity contribution is -0.135. The zero-order valence-electron chi connectivity index (χ0n) is 17.3. The predicted molar refractivity (Wildman–Crippen MR) is 116 cm³/mol. The van der Waals surface area contributed by atoms with E-state index in [1.54, 1.807) is 30.5 Å². The maximum atomic E-state index is 13.0. The van der Waals surface area contributed by atoms with Crippen molar-refractivity contribution >= 4 is 11.6 Å². The van der Waals surface area contributed by atoms with E-state index in [4.69, 9.17) is 13.6 Å². The topological polar surface area (TPSA) is 94.0 Å². The summed E-state index contributed by atoms with van der Waals surface area (Å²) < 4.78 is 16.5. The monoisotopic (exact) mass is 428 g/mol. The van der Waals surface area contributed by atoms with E-state index < -0.39 is 0 Å². The fourth-order valence-corrected chi connectivity index (χ4v) is 3.57. The van der Waals surface area contributed by atoms with Crippen LogP contribution in [0.15, 0.2) is 87.3 Å². The van der Waals surface area contributed by atoms with Crippen molar-refractivity contribution in [2.75, 3.05) is 6.61 Å². The second-order valence-corrected chi connectivity index (χ2v) is 7.44. The largest absolute Gasteiger partial charge is 0.484 e. The van der Waals surface area contributed by atoms with Crippen molar-refractivity contribution in [3.8, 4) is 17.2 Å². The van der Waals surface area contributed by atoms with Crippen molar-refractivity contribution in [3.05, 3.63) is 90.2 Å². The number of carbonyl (C=O) groups is 1. The summed E-state index contributed by atoms with van der Waals surface area (Å²) >= 11 is 0. The van der Waals surface area contributed by atoms with Gasteiger partial charge in [0.15, 0.2) is 6.61 Å². The smallest absolute Gasteiger partial charge is 0.281 e. The Balaban J connectivity index is 1.31. The summed E-state index contributed by atoms with van der Waals surface area (Å²) in [5.41, 5.74) is 3.76. The van der Waals surface area contributed by atoms with E-state index in [0.29, 0.717) is 23.8 Å². The third-order valence-corrected chi connectivity index (χ3v) is 5.25. The van der Waals surface area contributed by atoms with Gasteiger partial charge in [0.25, 0.3) is 5.91 Å². The van der Waals surface area contributed by atoms with Crippen LogP contribution in [0.2, 0.25) is 0 Å². The molecule has 8 nitrogen and oxygen atoms in total. The molecule has 160 valence electrons. The first-order chi connectivity index (χ1) is 15.7. The molecule has 0 unspecified atom stereocenters. The summed E-state index contributed by atoms with van der Waals surface area (Å²) in [5.74, 6) is 1.41. The molecule has 1 aliphatic heterocycles. The molecule has 2 aromatic carbocycles. The summed E-state index contributed by atoms with van der Waals surface area (Å²) in [4.78, 5) is 13.0. The van der Waals surface area contributed by atoms with E-state index in [0.717, 1.165) is 16.8 Å². The molecule has 1 amide bonds. The van der Waals surface area contributed by atoms with Crippen LogP contribution >= 0.6 is 0 Å². The fourth-order valence-electron chi connectivity index (χ4n) is 3.57. The average molecular weight is 428 g/mol. The normalized spacial score (nSPS) is 15.6. The molecular formula is C24H20N4O4. The van der Waals surface area contributed by atoms with Crippen molar-refractivity contribution in [1.82, 2.24) is 15.2 Å². The van der Waals surface area contributed by atoms with Gasteiger partial charge < -0.3 is 13.6 Å². The molecule has 5 rings (SSSR count). The molecule has 0 fully saturated rings. The van der Waals surface area contributed by atoms with Crippen LogP contribution in [0, 0.1) is 6.92 Å². The van der Waals surface area contributed by atoms with E-state index in [1.165, 1.54) is 17.0 Å². The number of ether oxygens (including phenoxy) is 1. The number of benzene rings is 2. The van der Waals surface area contributed by atoms with Gasteiger partial charge in [-0.15, -0.1) is 10.2 Å². The van der Waals surface area contributed by atoms with Gasteiger partial charge in [0.05, 0.1) is 12.0 Å². The van der Waals surface area contributed by atoms with Crippen LogP contribution < -0.4 is 4.74 Å². The predicted octanol–water partition coefficient (Wildman–Crippen LogP) is 4.39. The molecule has 0 bridgehead atoms. The molecular weight excluding hydrogens is 408 g/mol. The molecule has 4 aromatic rings. The minimum Gasteiger partial charge on any atom is -0.484 e. The molecule has 8 heteroatoms. The van der Waals surface area contributed by atoms with Crippen molar-refractivity contribution in [2.24, 2.45) is 5.10 Å². The molecule has 0 aliphatic carbocycles. The Morgan fingerprint density at radius 2 is 1.84 bits per heavy atom. The van der Waals surface area contributed by atoms with Crippen molar-refractivity contribution < 1.29 is 18.4 Å². The molecule has 3 heterocycles. The number of hydrazone groups is 1. The molecule has 0 N–H and O–H groups in total. The van der Waals surface area contributed by atoms with Gasteiger partial charge >= 0.3 is 0 Å². The number of nitrogens with zero attached hydrogens (tertiary/aromatic N) is 4. The zero-order valence-corrected chi connectivity index (χ0v) is 17.3. The SMILES string of the molecule is Cc1ccc(C2=NN(C(=O)COc3ccc(-c4nnco4)cc3)[C@H](c3ccco3)C2)cc1. The van der Waals surface area contributed by atoms with Gasteiger partial charge in [-0.25, -0.2) is 5.01 Å². The van der Waals surface area contributed by atoms with Gasteiger partial charge in [0.2, 0.25) is 12.3 Å². The lowest BCUT2D eigenvalue weighted by Gasteiger charge is -2.20. The van der Waals surface area contributed by atoms with Gasteiger partial charge in [-0.1, -0.05) is 29.8 Å². The second-order valence-electron chi connectivity index (χ2n) is 7.44. The Kier molecular flexibility index (Phi) is 5.25. The van der Waals surface area contributed by atoms with E-state index in [2.05, 4.69) is 15.3 Å². The summed E-state index contributed by atoms with van der Waals surface area (Å²) in [7, 11) is 0. The maximum absolute atomic E-state index is 13.0. The number of aromatic nitrogens is 2. The minimum absolute atomic E-state index is 0.151. The first-order valence-electron chi connectivity index (χ1n) is 10.2. The third-order valence-electron chi connectivity index (χ3n) is 5.25. The Labute approximate surface area is 184 Å². The lowest BCUT2D eigenvalue weighted by Crippen LogP contribution is -2.31. The van der Waals surface area contributed by atoms with E-state index >= 15 is 0 Å². The van der Waals surface area contributed by atoms with Crippen LogP contribution in [0.3, 0.4) is 0 Å². The number of aryl methyl sites for hydroxylation is 1. The Bertz CT molecular complexity index is 1210. The standard InChI is InChI=1S/C24H20N4O4/c1-16-4-6-17(7-5-16)20-13-21(22-3-2-12-30-22)28(27-20)23(29)14-31-19-10-8-18(9-11-19)24-26-25-15-32-24/h2-12,15,21H,13-14H2,1H3/t21-/m0/s1. The van der Waals surface area contributed by atoms with Crippen LogP contribution in [0.25, 0.3) is 11.5 Å². The molecule has 1 aliphatic rings. The first kappa shape index (κ1) is 19.7. The van der Waals surface area contributed by atoms with Gasteiger partial charge in [0.1, 0.15) is 17.6 Å². The summed E-state index contributed by atoms with van der Waals surface area (Å²) in [6.07, 6.45) is 3.44. The van der Waals surface area contributed by atoms with Crippen molar-refractivity contribution in [1.29, 1.82) is 0 Å². The van der Waals surface area contributed by atoms with Gasteiger partial charge in [-0.05, 0) is 48.9 Å². The number of hydrogen-bond acceptors (Lipinski definition) is 7. The Morgan fingerprint density at radius 3 is 2.53 bits per heavy atom. The van der Waals surface area contributed by atoms with Crippen LogP contribution in [-0.4, -0.2) is 33.4 Å². The Morgan fingerprint density at radius 1 is 1.06 bits per heavy atom. The summed E-state index contributed by atoms with van der Waals surface area (Å²) in [6.45, 7) is 1.88. The van der Waals surface area contributed by atoms with Crippen molar-refractivity contribution in [3.63, 3.8) is 0 Å². The summed E-state index contributed by atoms with van der Waals surface area (Å²) in [6, 6.07) is 18.5. The second kappa shape index (κ2) is 8.50. The molecule has 2 aromatic heterocycles. The number of rotatable bonds is 6. The Hall–Kier alpha value is -4.20. The summed E-state index contributed by atoms with van der Waals surface area (Å²) in [5, 5.41) is 13.6. The van der Waals surface area contributed by atoms with Crippen LogP contribution in [-0.2, 0) is 4.79 Å². The van der Waals surface area contributed by atoms with Gasteiger partial charge in [-0.3, -0.25) is 4.79 Å². The van der Waals surface area contributed by atoms with E-state index in [1.807, 2.05) is 43.3 Å². The molecule has 0 saturated heterocycles. The third kappa shape index (κ3) is 4.02. The molecule has 0 saturated carbocycles. The van der Waals surface area contributed by atoms with Gasteiger partial charge in [-0.2, -0.15) is 5.10 Å². The van der Waals surface area contributed by atoms with E-state index in [-0.39, 0.29) is 18.6 Å². The fraction of sp³-hybridized carbons (Fsp3) is 0.167. The first-order valence-corrected chi connectivity index (χ1v) is 10.2. The highest BCUT2D eigenvalue weighted by atomic mass is 16.5. The maximum Gasteiger partial charge on any atom is 0.281 e. The molecule has 1 atom stereocenters. The number of hydrogen-bond donors (Lipinski definition) is 0. The van der Waals surface area contributed by atoms with Crippen LogP contribution in [0.1, 0.15) is 29.3 Å². The number of amides is 1. The average Bonchev–Trinajstić information content (AvgIpc) is 3.59. The van der Waals surface area contributed by atoms with Crippen molar-refractivity contribution in [2.45, 2.75) is 19.4 Å². The van der Waals surface area contributed by atoms with Crippen LogP contribution in [0.5, 0.6) is 5.75 Å². The molecule has 32 heavy (non-hydrogen) atoms.